The number of furan rings is 1. The van der Waals surface area contributed by atoms with E-state index in [1.54, 1.807) is 19.1 Å². The number of amides is 2. The molecule has 7 heteroatoms. The number of carbonyl (C=O) groups is 2. The van der Waals surface area contributed by atoms with E-state index in [9.17, 15) is 14.0 Å². The van der Waals surface area contributed by atoms with Crippen molar-refractivity contribution in [3.05, 3.63) is 113 Å². The van der Waals surface area contributed by atoms with Crippen molar-refractivity contribution in [1.29, 1.82) is 0 Å². The van der Waals surface area contributed by atoms with E-state index < -0.39 is 5.91 Å². The first kappa shape index (κ1) is 23.2. The molecule has 4 aromatic rings. The van der Waals surface area contributed by atoms with Gasteiger partial charge in [-0.3, -0.25) is 9.59 Å². The maximum absolute atomic E-state index is 13.2. The van der Waals surface area contributed by atoms with E-state index in [1.807, 2.05) is 42.5 Å². The standard InChI is InChI=1S/C29H24FN3O3/c1-18-26-24(32-33-28(34)21-12-10-20(11-13-21)19-6-3-2-4-7-19)8-5-9-25(26)36-27(18)29(35)31-23-16-14-22(30)15-17-23/h2-4,6-7,10-17H,5,8-9H2,1H3,(H,31,35)(H,33,34)/b32-24+. The average Bonchev–Trinajstić information content (AvgIpc) is 3.26. The molecule has 3 aromatic carbocycles. The van der Waals surface area contributed by atoms with Crippen LogP contribution in [0.2, 0.25) is 0 Å². The molecule has 0 spiro atoms. The number of carbonyl (C=O) groups excluding carboxylic acids is 2. The van der Waals surface area contributed by atoms with Crippen molar-refractivity contribution >= 4 is 23.2 Å². The third-order valence-corrected chi connectivity index (χ3v) is 6.18. The predicted molar refractivity (Wildman–Crippen MR) is 137 cm³/mol. The smallest absolute Gasteiger partial charge is 0.291 e. The van der Waals surface area contributed by atoms with Crippen LogP contribution in [0.15, 0.2) is 88.4 Å². The first-order chi connectivity index (χ1) is 17.5. The minimum Gasteiger partial charge on any atom is -0.455 e. The van der Waals surface area contributed by atoms with Gasteiger partial charge in [-0.15, -0.1) is 0 Å². The Morgan fingerprint density at radius 1 is 0.861 bits per heavy atom. The molecular formula is C29H24FN3O3. The lowest BCUT2D eigenvalue weighted by atomic mass is 9.93. The quantitative estimate of drug-likeness (QED) is 0.337. The SMILES string of the molecule is Cc1c(C(=O)Nc2ccc(F)cc2)oc2c1/C(=N/NC(=O)c1ccc(-c3ccccc3)cc1)CCC2. The molecule has 0 bridgehead atoms. The summed E-state index contributed by atoms with van der Waals surface area (Å²) in [5.41, 5.74) is 7.80. The molecule has 0 fully saturated rings. The largest absolute Gasteiger partial charge is 0.455 e. The van der Waals surface area contributed by atoms with Crippen LogP contribution in [-0.2, 0) is 6.42 Å². The first-order valence-corrected chi connectivity index (χ1v) is 11.7. The van der Waals surface area contributed by atoms with Crippen LogP contribution in [0, 0.1) is 12.7 Å². The topological polar surface area (TPSA) is 83.7 Å². The second kappa shape index (κ2) is 10.00. The van der Waals surface area contributed by atoms with E-state index in [1.165, 1.54) is 24.3 Å². The number of fused-ring (bicyclic) bond motifs is 1. The summed E-state index contributed by atoms with van der Waals surface area (Å²) < 4.78 is 19.1. The first-order valence-electron chi connectivity index (χ1n) is 11.7. The van der Waals surface area contributed by atoms with Gasteiger partial charge in [0.25, 0.3) is 11.8 Å². The van der Waals surface area contributed by atoms with Crippen molar-refractivity contribution in [3.63, 3.8) is 0 Å². The highest BCUT2D eigenvalue weighted by atomic mass is 19.1. The number of halogens is 1. The Balaban J connectivity index is 1.32. The van der Waals surface area contributed by atoms with Gasteiger partial charge in [-0.2, -0.15) is 5.10 Å². The van der Waals surface area contributed by atoms with Crippen molar-refractivity contribution in [1.82, 2.24) is 5.43 Å². The average molecular weight is 482 g/mol. The number of anilines is 1. The fraction of sp³-hybridized carbons (Fsp3) is 0.138. The molecule has 180 valence electrons. The van der Waals surface area contributed by atoms with Gasteiger partial charge in [-0.1, -0.05) is 42.5 Å². The molecule has 1 heterocycles. The maximum atomic E-state index is 13.2. The van der Waals surface area contributed by atoms with Gasteiger partial charge in [-0.05, 0) is 67.3 Å². The minimum absolute atomic E-state index is 0.182. The summed E-state index contributed by atoms with van der Waals surface area (Å²) in [7, 11) is 0. The highest BCUT2D eigenvalue weighted by Gasteiger charge is 2.28. The molecule has 2 amide bonds. The molecule has 6 nitrogen and oxygen atoms in total. The number of hydrazone groups is 1. The number of nitrogens with zero attached hydrogens (tertiary/aromatic N) is 1. The summed E-state index contributed by atoms with van der Waals surface area (Å²) in [5, 5.41) is 7.12. The third kappa shape index (κ3) is 4.81. The Hall–Kier alpha value is -4.52. The summed E-state index contributed by atoms with van der Waals surface area (Å²) in [5.74, 6) is -0.266. The molecular weight excluding hydrogens is 457 g/mol. The highest BCUT2D eigenvalue weighted by Crippen LogP contribution is 2.30. The molecule has 0 saturated carbocycles. The van der Waals surface area contributed by atoms with Gasteiger partial charge in [-0.25, -0.2) is 9.82 Å². The Morgan fingerprint density at radius 3 is 2.28 bits per heavy atom. The molecule has 1 aromatic heterocycles. The monoisotopic (exact) mass is 481 g/mol. The van der Waals surface area contributed by atoms with Gasteiger partial charge in [0.05, 0.1) is 5.71 Å². The zero-order valence-corrected chi connectivity index (χ0v) is 19.7. The Labute approximate surface area is 207 Å². The fourth-order valence-electron chi connectivity index (χ4n) is 4.35. The zero-order valence-electron chi connectivity index (χ0n) is 19.7. The normalized spacial score (nSPS) is 13.8. The van der Waals surface area contributed by atoms with Gasteiger partial charge in [0.2, 0.25) is 0 Å². The molecule has 5 rings (SSSR count). The number of nitrogens with one attached hydrogen (secondary N) is 2. The third-order valence-electron chi connectivity index (χ3n) is 6.18. The lowest BCUT2D eigenvalue weighted by Gasteiger charge is -2.13. The molecule has 0 aliphatic heterocycles. The van der Waals surface area contributed by atoms with Crippen LogP contribution in [0.25, 0.3) is 11.1 Å². The van der Waals surface area contributed by atoms with Crippen molar-refractivity contribution in [2.75, 3.05) is 5.32 Å². The van der Waals surface area contributed by atoms with Crippen molar-refractivity contribution in [2.45, 2.75) is 26.2 Å². The van der Waals surface area contributed by atoms with E-state index in [-0.39, 0.29) is 17.5 Å². The molecule has 1 aliphatic carbocycles. The zero-order chi connectivity index (χ0) is 25.1. The van der Waals surface area contributed by atoms with E-state index in [0.29, 0.717) is 41.1 Å². The van der Waals surface area contributed by atoms with Gasteiger partial charge in [0.15, 0.2) is 5.76 Å². The summed E-state index contributed by atoms with van der Waals surface area (Å²) >= 11 is 0. The van der Waals surface area contributed by atoms with Crippen molar-refractivity contribution in [3.8, 4) is 11.1 Å². The van der Waals surface area contributed by atoms with E-state index in [2.05, 4.69) is 15.8 Å². The van der Waals surface area contributed by atoms with Crippen LogP contribution in [0.1, 0.15) is 50.6 Å². The number of aryl methyl sites for hydroxylation is 1. The summed E-state index contributed by atoms with van der Waals surface area (Å²) in [6.07, 6.45) is 2.12. The molecule has 0 atom stereocenters. The van der Waals surface area contributed by atoms with Crippen molar-refractivity contribution in [2.24, 2.45) is 5.10 Å². The Kier molecular flexibility index (Phi) is 6.45. The lowest BCUT2D eigenvalue weighted by molar-refractivity contribution is 0.0953. The van der Waals surface area contributed by atoms with Crippen LogP contribution in [0.3, 0.4) is 0 Å². The predicted octanol–water partition coefficient (Wildman–Crippen LogP) is 6.12. The fourth-order valence-corrected chi connectivity index (χ4v) is 4.35. The number of hydrogen-bond acceptors (Lipinski definition) is 4. The summed E-state index contributed by atoms with van der Waals surface area (Å²) in [6, 6.07) is 22.8. The van der Waals surface area contributed by atoms with Crippen LogP contribution in [-0.4, -0.2) is 17.5 Å². The van der Waals surface area contributed by atoms with Gasteiger partial charge >= 0.3 is 0 Å². The van der Waals surface area contributed by atoms with Gasteiger partial charge in [0, 0.05) is 28.8 Å². The summed E-state index contributed by atoms with van der Waals surface area (Å²) in [4.78, 5) is 25.6. The molecule has 36 heavy (non-hydrogen) atoms. The molecule has 1 aliphatic rings. The number of hydrogen-bond donors (Lipinski definition) is 2. The van der Waals surface area contributed by atoms with Gasteiger partial charge < -0.3 is 9.73 Å². The summed E-state index contributed by atoms with van der Waals surface area (Å²) in [6.45, 7) is 1.80. The minimum atomic E-state index is -0.421. The van der Waals surface area contributed by atoms with E-state index in [4.69, 9.17) is 4.42 Å². The second-order valence-corrected chi connectivity index (χ2v) is 8.61. The number of benzene rings is 3. The Morgan fingerprint density at radius 2 is 1.56 bits per heavy atom. The van der Waals surface area contributed by atoms with Crippen molar-refractivity contribution < 1.29 is 18.4 Å². The molecule has 0 saturated heterocycles. The Bertz CT molecular complexity index is 1440. The molecule has 0 unspecified atom stereocenters. The lowest BCUT2D eigenvalue weighted by Crippen LogP contribution is -2.22. The van der Waals surface area contributed by atoms with E-state index in [0.717, 1.165) is 23.1 Å². The van der Waals surface area contributed by atoms with E-state index >= 15 is 0 Å². The second-order valence-electron chi connectivity index (χ2n) is 8.61. The molecule has 2 N–H and O–H groups in total. The molecule has 0 radical (unpaired) electrons. The maximum Gasteiger partial charge on any atom is 0.291 e. The van der Waals surface area contributed by atoms with Crippen LogP contribution in [0.4, 0.5) is 10.1 Å². The van der Waals surface area contributed by atoms with Gasteiger partial charge in [0.1, 0.15) is 11.6 Å². The highest BCUT2D eigenvalue weighted by molar-refractivity contribution is 6.09. The van der Waals surface area contributed by atoms with Crippen LogP contribution < -0.4 is 10.7 Å². The van der Waals surface area contributed by atoms with Crippen LogP contribution in [0.5, 0.6) is 0 Å². The number of rotatable bonds is 5. The van der Waals surface area contributed by atoms with Crippen LogP contribution >= 0.6 is 0 Å².